The van der Waals surface area contributed by atoms with Crippen molar-refractivity contribution in [2.45, 2.75) is 13.8 Å². The molecule has 0 aliphatic rings. The maximum Gasteiger partial charge on any atom is 0.227 e. The molecule has 38 heavy (non-hydrogen) atoms. The molecule has 0 atom stereocenters. The van der Waals surface area contributed by atoms with E-state index in [0.29, 0.717) is 22.9 Å². The van der Waals surface area contributed by atoms with Gasteiger partial charge in [-0.15, -0.1) is 0 Å². The number of methoxy groups -OCH3 is 2. The van der Waals surface area contributed by atoms with E-state index < -0.39 is 0 Å². The molecule has 0 bridgehead atoms. The molecular formula is C32H26N2O4. The molecular weight excluding hydrogens is 476 g/mol. The van der Waals surface area contributed by atoms with Crippen molar-refractivity contribution in [1.29, 1.82) is 0 Å². The highest BCUT2D eigenvalue weighted by molar-refractivity contribution is 5.80. The van der Waals surface area contributed by atoms with Gasteiger partial charge in [-0.3, -0.25) is 0 Å². The van der Waals surface area contributed by atoms with Gasteiger partial charge >= 0.3 is 0 Å². The van der Waals surface area contributed by atoms with Crippen LogP contribution in [0.25, 0.3) is 57.3 Å². The van der Waals surface area contributed by atoms with E-state index in [9.17, 15) is 0 Å². The topological polar surface area (TPSA) is 70.5 Å². The molecule has 4 aromatic carbocycles. The van der Waals surface area contributed by atoms with E-state index >= 15 is 0 Å². The fourth-order valence-corrected chi connectivity index (χ4v) is 4.48. The molecule has 0 saturated carbocycles. The van der Waals surface area contributed by atoms with Gasteiger partial charge in [0.2, 0.25) is 11.8 Å². The third kappa shape index (κ3) is 4.41. The summed E-state index contributed by atoms with van der Waals surface area (Å²) in [6.07, 6.45) is 4.26. The fourth-order valence-electron chi connectivity index (χ4n) is 4.48. The van der Waals surface area contributed by atoms with E-state index in [-0.39, 0.29) is 0 Å². The maximum atomic E-state index is 5.99. The summed E-state index contributed by atoms with van der Waals surface area (Å²) in [6, 6.07) is 23.7. The Morgan fingerprint density at radius 3 is 1.42 bits per heavy atom. The van der Waals surface area contributed by atoms with Gasteiger partial charge in [-0.25, -0.2) is 9.97 Å². The van der Waals surface area contributed by atoms with Gasteiger partial charge in [0.1, 0.15) is 22.5 Å². The van der Waals surface area contributed by atoms with Gasteiger partial charge in [-0.1, -0.05) is 24.3 Å². The van der Waals surface area contributed by atoms with Gasteiger partial charge < -0.3 is 18.3 Å². The monoisotopic (exact) mass is 502 g/mol. The molecule has 6 nitrogen and oxygen atoms in total. The minimum Gasteiger partial charge on any atom is -0.497 e. The number of ether oxygens (including phenoxy) is 2. The summed E-state index contributed by atoms with van der Waals surface area (Å²) in [4.78, 5) is 9.26. The molecule has 6 rings (SSSR count). The summed E-state index contributed by atoms with van der Waals surface area (Å²) in [5.74, 6) is 2.68. The molecule has 188 valence electrons. The van der Waals surface area contributed by atoms with Crippen LogP contribution in [0.3, 0.4) is 0 Å². The molecule has 2 heterocycles. The lowest BCUT2D eigenvalue weighted by Crippen LogP contribution is -1.86. The molecule has 0 spiro atoms. The average molecular weight is 503 g/mol. The van der Waals surface area contributed by atoms with Crippen LogP contribution in [0.2, 0.25) is 0 Å². The van der Waals surface area contributed by atoms with Crippen LogP contribution < -0.4 is 9.47 Å². The van der Waals surface area contributed by atoms with Crippen molar-refractivity contribution >= 4 is 34.4 Å². The normalized spacial score (nSPS) is 11.6. The van der Waals surface area contributed by atoms with Gasteiger partial charge in [-0.05, 0) is 84.6 Å². The van der Waals surface area contributed by atoms with Crippen molar-refractivity contribution in [2.75, 3.05) is 14.2 Å². The molecule has 6 heteroatoms. The number of benzene rings is 4. The number of rotatable bonds is 6. The fraction of sp³-hybridized carbons (Fsp3) is 0.125. The molecule has 0 radical (unpaired) electrons. The standard InChI is InChI=1S/C32H26N2O4/c1-19-15-23(31-33-27-13-11-25(35-3)17-29(27)37-31)9-7-21(19)5-6-22-8-10-24(16-20(22)2)32-34-28-14-12-26(36-4)18-30(28)38-32/h5-18H,1-4H3. The van der Waals surface area contributed by atoms with Crippen LogP contribution in [0.1, 0.15) is 22.3 Å². The highest BCUT2D eigenvalue weighted by atomic mass is 16.5. The zero-order chi connectivity index (χ0) is 26.2. The van der Waals surface area contributed by atoms with Crippen LogP contribution in [-0.2, 0) is 0 Å². The van der Waals surface area contributed by atoms with E-state index in [0.717, 1.165) is 55.9 Å². The second-order valence-electron chi connectivity index (χ2n) is 9.18. The van der Waals surface area contributed by atoms with E-state index in [2.05, 4.69) is 60.2 Å². The van der Waals surface area contributed by atoms with Gasteiger partial charge in [0.25, 0.3) is 0 Å². The third-order valence-electron chi connectivity index (χ3n) is 6.67. The first-order valence-electron chi connectivity index (χ1n) is 12.3. The van der Waals surface area contributed by atoms with E-state index in [1.165, 1.54) is 0 Å². The lowest BCUT2D eigenvalue weighted by atomic mass is 10.0. The molecule has 0 saturated heterocycles. The molecule has 0 N–H and O–H groups in total. The largest absolute Gasteiger partial charge is 0.497 e. The number of hydrogen-bond donors (Lipinski definition) is 0. The molecule has 6 aromatic rings. The zero-order valence-electron chi connectivity index (χ0n) is 21.6. The molecule has 0 fully saturated rings. The highest BCUT2D eigenvalue weighted by Crippen LogP contribution is 2.30. The van der Waals surface area contributed by atoms with Crippen LogP contribution in [0.4, 0.5) is 0 Å². The second kappa shape index (κ2) is 9.56. The molecule has 0 amide bonds. The summed E-state index contributed by atoms with van der Waals surface area (Å²) in [7, 11) is 3.28. The number of fused-ring (bicyclic) bond motifs is 2. The Morgan fingerprint density at radius 2 is 1.03 bits per heavy atom. The average Bonchev–Trinajstić information content (AvgIpc) is 3.56. The van der Waals surface area contributed by atoms with Crippen LogP contribution in [-0.4, -0.2) is 24.2 Å². The van der Waals surface area contributed by atoms with Gasteiger partial charge in [0.15, 0.2) is 11.2 Å². The maximum absolute atomic E-state index is 5.99. The van der Waals surface area contributed by atoms with E-state index in [4.69, 9.17) is 18.3 Å². The van der Waals surface area contributed by atoms with Gasteiger partial charge in [0, 0.05) is 23.3 Å². The summed E-state index contributed by atoms with van der Waals surface area (Å²) >= 11 is 0. The Bertz CT molecular complexity index is 1690. The lowest BCUT2D eigenvalue weighted by molar-refractivity contribution is 0.414. The summed E-state index contributed by atoms with van der Waals surface area (Å²) in [5.41, 5.74) is 9.42. The SMILES string of the molecule is COc1ccc2nc(-c3ccc(C=Cc4ccc(-c5nc6ccc(OC)cc6o5)cc4C)c(C)c3)oc2c1. The molecule has 0 unspecified atom stereocenters. The van der Waals surface area contributed by atoms with Crippen LogP contribution >= 0.6 is 0 Å². The first-order chi connectivity index (χ1) is 18.5. The number of nitrogens with zero attached hydrogens (tertiary/aromatic N) is 2. The van der Waals surface area contributed by atoms with Crippen molar-refractivity contribution < 1.29 is 18.3 Å². The third-order valence-corrected chi connectivity index (χ3v) is 6.67. The van der Waals surface area contributed by atoms with E-state index in [1.807, 2.05) is 48.5 Å². The number of aromatic nitrogens is 2. The molecule has 0 aliphatic carbocycles. The van der Waals surface area contributed by atoms with Crippen molar-refractivity contribution in [2.24, 2.45) is 0 Å². The van der Waals surface area contributed by atoms with Crippen molar-refractivity contribution in [3.8, 4) is 34.4 Å². The van der Waals surface area contributed by atoms with Crippen molar-refractivity contribution in [3.05, 3.63) is 95.1 Å². The Kier molecular flexibility index (Phi) is 5.92. The molecule has 2 aromatic heterocycles. The minimum atomic E-state index is 0.593. The first-order valence-corrected chi connectivity index (χ1v) is 12.3. The lowest BCUT2D eigenvalue weighted by Gasteiger charge is -2.05. The number of hydrogen-bond acceptors (Lipinski definition) is 6. The Labute approximate surface area is 220 Å². The first kappa shape index (κ1) is 23.6. The van der Waals surface area contributed by atoms with Crippen molar-refractivity contribution in [1.82, 2.24) is 9.97 Å². The van der Waals surface area contributed by atoms with Crippen LogP contribution in [0.5, 0.6) is 11.5 Å². The molecule has 0 aliphatic heterocycles. The number of aryl methyl sites for hydroxylation is 2. The smallest absolute Gasteiger partial charge is 0.227 e. The highest BCUT2D eigenvalue weighted by Gasteiger charge is 2.12. The minimum absolute atomic E-state index is 0.593. The predicted octanol–water partition coefficient (Wildman–Crippen LogP) is 8.11. The van der Waals surface area contributed by atoms with E-state index in [1.54, 1.807) is 14.2 Å². The summed E-state index contributed by atoms with van der Waals surface area (Å²) in [5, 5.41) is 0. The Balaban J connectivity index is 1.23. The Morgan fingerprint density at radius 1 is 0.579 bits per heavy atom. The van der Waals surface area contributed by atoms with Crippen LogP contribution in [0, 0.1) is 13.8 Å². The van der Waals surface area contributed by atoms with Gasteiger partial charge in [0.05, 0.1) is 14.2 Å². The quantitative estimate of drug-likeness (QED) is 0.214. The van der Waals surface area contributed by atoms with Gasteiger partial charge in [-0.2, -0.15) is 0 Å². The summed E-state index contributed by atoms with van der Waals surface area (Å²) < 4.78 is 22.5. The Hall–Kier alpha value is -4.84. The second-order valence-corrected chi connectivity index (χ2v) is 9.18. The predicted molar refractivity (Wildman–Crippen MR) is 150 cm³/mol. The number of oxazole rings is 2. The zero-order valence-corrected chi connectivity index (χ0v) is 21.6. The summed E-state index contributed by atoms with van der Waals surface area (Å²) in [6.45, 7) is 4.18. The van der Waals surface area contributed by atoms with Crippen LogP contribution in [0.15, 0.2) is 81.6 Å². The van der Waals surface area contributed by atoms with Crippen molar-refractivity contribution in [3.63, 3.8) is 0 Å².